The van der Waals surface area contributed by atoms with E-state index in [1.807, 2.05) is 27.7 Å². The Hall–Kier alpha value is -1.60. The van der Waals surface area contributed by atoms with Gasteiger partial charge in [-0.1, -0.05) is 13.3 Å². The van der Waals surface area contributed by atoms with Crippen LogP contribution in [0.2, 0.25) is 6.32 Å². The first-order valence-electron chi connectivity index (χ1n) is 8.87. The molecule has 2 heterocycles. The van der Waals surface area contributed by atoms with E-state index >= 15 is 0 Å². The Balaban J connectivity index is 2.11. The molecule has 1 aliphatic rings. The van der Waals surface area contributed by atoms with Crippen molar-refractivity contribution in [2.45, 2.75) is 71.4 Å². The quantitative estimate of drug-likeness (QED) is 0.571. The van der Waals surface area contributed by atoms with Crippen LogP contribution in [-0.2, 0) is 15.7 Å². The van der Waals surface area contributed by atoms with Crippen LogP contribution >= 0.6 is 0 Å². The third-order valence-corrected chi connectivity index (χ3v) is 4.88. The van der Waals surface area contributed by atoms with Gasteiger partial charge >= 0.3 is 13.1 Å². The average Bonchev–Trinajstić information content (AvgIpc) is 2.73. The molecule has 25 heavy (non-hydrogen) atoms. The van der Waals surface area contributed by atoms with Crippen LogP contribution in [-0.4, -0.2) is 41.0 Å². The molecule has 0 aromatic carbocycles. The van der Waals surface area contributed by atoms with Crippen molar-refractivity contribution in [1.29, 1.82) is 0 Å². The first kappa shape index (κ1) is 19.7. The van der Waals surface area contributed by atoms with Crippen molar-refractivity contribution in [1.82, 2.24) is 4.98 Å². The Bertz CT molecular complexity index is 601. The lowest BCUT2D eigenvalue weighted by molar-refractivity contribution is 0.00578. The Morgan fingerprint density at radius 1 is 1.28 bits per heavy atom. The third-order valence-electron chi connectivity index (χ3n) is 4.88. The van der Waals surface area contributed by atoms with Crippen LogP contribution < -0.4 is 4.74 Å². The first-order valence-corrected chi connectivity index (χ1v) is 8.87. The van der Waals surface area contributed by atoms with Crippen molar-refractivity contribution >= 4 is 13.1 Å². The minimum absolute atomic E-state index is 0.0393. The molecule has 0 amide bonds. The molecule has 0 spiro atoms. The maximum absolute atomic E-state index is 11.4. The van der Waals surface area contributed by atoms with Crippen LogP contribution in [0, 0.1) is 0 Å². The summed E-state index contributed by atoms with van der Waals surface area (Å²) in [5.41, 5.74) is 0.0336. The molecule has 1 N–H and O–H groups in total. The summed E-state index contributed by atoms with van der Waals surface area (Å²) in [6, 6.07) is 1.80. The number of nitrogens with zero attached hydrogens (tertiary/aromatic N) is 1. The molecular weight excluding hydrogens is 321 g/mol. The molecule has 1 aliphatic heterocycles. The topological polar surface area (TPSA) is 77.9 Å². The molecule has 0 atom stereocenters. The number of carbonyl (C=O) groups is 1. The summed E-state index contributed by atoms with van der Waals surface area (Å²) in [5.74, 6) is -0.719. The van der Waals surface area contributed by atoms with E-state index in [-0.39, 0.29) is 24.0 Å². The van der Waals surface area contributed by atoms with Crippen LogP contribution in [0.25, 0.3) is 0 Å². The lowest BCUT2D eigenvalue weighted by Gasteiger charge is -2.32. The predicted molar refractivity (Wildman–Crippen MR) is 96.2 cm³/mol. The normalized spacial score (nSPS) is 18.4. The van der Waals surface area contributed by atoms with E-state index in [9.17, 15) is 9.90 Å². The van der Waals surface area contributed by atoms with Gasteiger partial charge in [0.1, 0.15) is 0 Å². The van der Waals surface area contributed by atoms with Crippen molar-refractivity contribution < 1.29 is 23.9 Å². The third kappa shape index (κ3) is 4.52. The van der Waals surface area contributed by atoms with Crippen molar-refractivity contribution in [2.75, 3.05) is 6.61 Å². The molecule has 0 radical (unpaired) electrons. The van der Waals surface area contributed by atoms with Gasteiger partial charge in [-0.3, -0.25) is 0 Å². The number of aromatic carboxylic acids is 1. The Kier molecular flexibility index (Phi) is 6.11. The highest BCUT2D eigenvalue weighted by Gasteiger charge is 2.50. The number of rotatable bonds is 8. The van der Waals surface area contributed by atoms with E-state index in [4.69, 9.17) is 14.0 Å². The zero-order valence-corrected chi connectivity index (χ0v) is 15.8. The summed E-state index contributed by atoms with van der Waals surface area (Å²) in [6.07, 6.45) is 4.58. The fourth-order valence-corrected chi connectivity index (χ4v) is 2.67. The number of carboxylic acid groups (broad SMARTS) is 1. The number of pyridine rings is 1. The molecule has 7 heteroatoms. The summed E-state index contributed by atoms with van der Waals surface area (Å²) >= 11 is 0. The van der Waals surface area contributed by atoms with Gasteiger partial charge in [0.2, 0.25) is 0 Å². The zero-order chi connectivity index (χ0) is 18.7. The second kappa shape index (κ2) is 7.75. The molecule has 2 rings (SSSR count). The minimum Gasteiger partial charge on any atom is -0.491 e. The number of carboxylic acids is 1. The summed E-state index contributed by atoms with van der Waals surface area (Å²) in [4.78, 5) is 15.4. The number of hydrogen-bond donors (Lipinski definition) is 1. The number of ether oxygens (including phenoxy) is 1. The second-order valence-corrected chi connectivity index (χ2v) is 7.38. The molecule has 0 saturated carbocycles. The van der Waals surface area contributed by atoms with E-state index < -0.39 is 5.97 Å². The molecular formula is C18H28BNO5. The Labute approximate surface area is 150 Å². The largest absolute Gasteiger partial charge is 0.491 e. The van der Waals surface area contributed by atoms with Gasteiger partial charge < -0.3 is 19.2 Å². The van der Waals surface area contributed by atoms with Gasteiger partial charge in [-0.2, -0.15) is 0 Å². The molecule has 1 fully saturated rings. The molecule has 6 nitrogen and oxygen atoms in total. The van der Waals surface area contributed by atoms with Gasteiger partial charge in [-0.15, -0.1) is 0 Å². The van der Waals surface area contributed by atoms with Gasteiger partial charge in [0.25, 0.3) is 0 Å². The van der Waals surface area contributed by atoms with Gasteiger partial charge in [-0.05, 0) is 58.5 Å². The van der Waals surface area contributed by atoms with E-state index in [0.29, 0.717) is 25.1 Å². The number of aryl methyl sites for hydroxylation is 1. The lowest BCUT2D eigenvalue weighted by atomic mass is 9.81. The van der Waals surface area contributed by atoms with E-state index in [1.54, 1.807) is 6.07 Å². The molecule has 0 bridgehead atoms. The molecule has 138 valence electrons. The smallest absolute Gasteiger partial charge is 0.458 e. The van der Waals surface area contributed by atoms with Crippen molar-refractivity contribution in [3.8, 4) is 5.75 Å². The van der Waals surface area contributed by atoms with Crippen molar-refractivity contribution in [3.05, 3.63) is 23.5 Å². The summed E-state index contributed by atoms with van der Waals surface area (Å²) in [5, 5.41) is 9.37. The van der Waals surface area contributed by atoms with Crippen molar-refractivity contribution in [3.63, 3.8) is 0 Å². The number of hydrogen-bond acceptors (Lipinski definition) is 5. The number of unbranched alkanes of at least 4 members (excludes halogenated alkanes) is 1. The Morgan fingerprint density at radius 3 is 2.48 bits per heavy atom. The molecule has 0 unspecified atom stereocenters. The summed E-state index contributed by atoms with van der Waals surface area (Å²) in [6.45, 7) is 10.6. The van der Waals surface area contributed by atoms with Gasteiger partial charge in [0, 0.05) is 6.20 Å². The Morgan fingerprint density at radius 2 is 1.92 bits per heavy atom. The van der Waals surface area contributed by atoms with Gasteiger partial charge in [-0.25, -0.2) is 9.78 Å². The lowest BCUT2D eigenvalue weighted by Crippen LogP contribution is -2.41. The second-order valence-electron chi connectivity index (χ2n) is 7.38. The van der Waals surface area contributed by atoms with Gasteiger partial charge in [0.15, 0.2) is 11.4 Å². The predicted octanol–water partition coefficient (Wildman–Crippen LogP) is 3.59. The molecule has 1 saturated heterocycles. The van der Waals surface area contributed by atoms with E-state index in [0.717, 1.165) is 18.4 Å². The average molecular weight is 349 g/mol. The van der Waals surface area contributed by atoms with E-state index in [2.05, 4.69) is 11.9 Å². The molecule has 1 aromatic rings. The minimum atomic E-state index is -1.08. The monoisotopic (exact) mass is 349 g/mol. The van der Waals surface area contributed by atoms with Crippen LogP contribution in [0.1, 0.15) is 63.5 Å². The van der Waals surface area contributed by atoms with Gasteiger partial charge in [0.05, 0.1) is 17.8 Å². The fraction of sp³-hybridized carbons (Fsp3) is 0.667. The maximum Gasteiger partial charge on any atom is 0.458 e. The maximum atomic E-state index is 11.4. The summed E-state index contributed by atoms with van der Waals surface area (Å²) < 4.78 is 17.8. The highest BCUT2D eigenvalue weighted by molar-refractivity contribution is 6.45. The zero-order valence-electron chi connectivity index (χ0n) is 15.8. The molecule has 1 aromatic heterocycles. The van der Waals surface area contributed by atoms with Crippen LogP contribution in [0.15, 0.2) is 12.3 Å². The van der Waals surface area contributed by atoms with Crippen LogP contribution in [0.4, 0.5) is 0 Å². The first-order chi connectivity index (χ1) is 11.7. The number of aromatic nitrogens is 1. The SMILES string of the molecule is CCCCOc1c(CCB2OC(C)(C)C(C)(C)O2)ccnc1C(=O)O. The van der Waals surface area contributed by atoms with E-state index in [1.165, 1.54) is 6.20 Å². The van der Waals surface area contributed by atoms with Crippen LogP contribution in [0.5, 0.6) is 5.75 Å². The standard InChI is InChI=1S/C18H28BNO5/c1-6-7-12-23-15-13(9-11-20-14(15)16(21)22)8-10-19-24-17(2,3)18(4,5)25-19/h9,11H,6-8,10,12H2,1-5H3,(H,21,22). The molecule has 0 aliphatic carbocycles. The van der Waals surface area contributed by atoms with Crippen molar-refractivity contribution in [2.24, 2.45) is 0 Å². The highest BCUT2D eigenvalue weighted by Crippen LogP contribution is 2.38. The highest BCUT2D eigenvalue weighted by atomic mass is 16.7. The van der Waals surface area contributed by atoms with Crippen LogP contribution in [0.3, 0.4) is 0 Å². The summed E-state index contributed by atoms with van der Waals surface area (Å²) in [7, 11) is -0.324. The fourth-order valence-electron chi connectivity index (χ4n) is 2.67.